The summed E-state index contributed by atoms with van der Waals surface area (Å²) in [6, 6.07) is 7.59. The molecular formula is C13H12ClN5O2. The molecule has 0 bridgehead atoms. The summed E-state index contributed by atoms with van der Waals surface area (Å²) in [5, 5.41) is 11.2. The van der Waals surface area contributed by atoms with Gasteiger partial charge in [0.1, 0.15) is 0 Å². The molecule has 0 unspecified atom stereocenters. The Morgan fingerprint density at radius 3 is 2.86 bits per heavy atom. The van der Waals surface area contributed by atoms with Crippen LogP contribution in [0.3, 0.4) is 0 Å². The number of halogens is 1. The number of nitrogens with one attached hydrogen (secondary N) is 1. The molecule has 2 aromatic heterocycles. The van der Waals surface area contributed by atoms with Gasteiger partial charge < -0.3 is 14.4 Å². The van der Waals surface area contributed by atoms with Crippen molar-refractivity contribution in [3.05, 3.63) is 41.0 Å². The lowest BCUT2D eigenvalue weighted by molar-refractivity contribution is 0.376. The lowest BCUT2D eigenvalue weighted by Gasteiger charge is -1.96. The minimum atomic E-state index is 0.334. The summed E-state index contributed by atoms with van der Waals surface area (Å²) in [5.41, 5.74) is 0.798. The van der Waals surface area contributed by atoms with Crippen LogP contribution < -0.4 is 5.32 Å². The molecule has 8 heteroatoms. The van der Waals surface area contributed by atoms with Crippen LogP contribution in [0.5, 0.6) is 0 Å². The Balaban J connectivity index is 1.60. The maximum atomic E-state index is 5.93. The van der Waals surface area contributed by atoms with Crippen molar-refractivity contribution in [1.82, 2.24) is 20.3 Å². The summed E-state index contributed by atoms with van der Waals surface area (Å²) in [6.45, 7) is 2.33. The molecule has 0 aliphatic rings. The van der Waals surface area contributed by atoms with Gasteiger partial charge in [-0.25, -0.2) is 0 Å². The van der Waals surface area contributed by atoms with Crippen molar-refractivity contribution >= 4 is 17.6 Å². The quantitative estimate of drug-likeness (QED) is 0.775. The predicted octanol–water partition coefficient (Wildman–Crippen LogP) is 2.74. The molecule has 0 aliphatic heterocycles. The SMILES string of the molecule is Cc1noc(CCNc2nc(-c3cccc(Cl)c3)no2)n1. The average Bonchev–Trinajstić information content (AvgIpc) is 3.08. The molecule has 3 rings (SSSR count). The number of hydrogen-bond acceptors (Lipinski definition) is 7. The van der Waals surface area contributed by atoms with E-state index in [-0.39, 0.29) is 0 Å². The van der Waals surface area contributed by atoms with Crippen molar-refractivity contribution in [2.45, 2.75) is 13.3 Å². The molecule has 0 fully saturated rings. The third-order valence-electron chi connectivity index (χ3n) is 2.69. The molecule has 3 aromatic rings. The minimum absolute atomic E-state index is 0.334. The van der Waals surface area contributed by atoms with Crippen molar-refractivity contribution in [3.63, 3.8) is 0 Å². The molecule has 108 valence electrons. The fourth-order valence-corrected chi connectivity index (χ4v) is 1.95. The van der Waals surface area contributed by atoms with Crippen LogP contribution in [0.2, 0.25) is 5.02 Å². The summed E-state index contributed by atoms with van der Waals surface area (Å²) >= 11 is 5.93. The summed E-state index contributed by atoms with van der Waals surface area (Å²) in [6.07, 6.45) is 0.579. The lowest BCUT2D eigenvalue weighted by Crippen LogP contribution is -2.05. The van der Waals surface area contributed by atoms with E-state index in [0.29, 0.717) is 41.5 Å². The molecule has 7 nitrogen and oxygen atoms in total. The van der Waals surface area contributed by atoms with Crippen molar-refractivity contribution < 1.29 is 9.05 Å². The van der Waals surface area contributed by atoms with Gasteiger partial charge in [0.05, 0.1) is 0 Å². The number of aromatic nitrogens is 4. The molecule has 0 spiro atoms. The van der Waals surface area contributed by atoms with Crippen molar-refractivity contribution in [2.75, 3.05) is 11.9 Å². The van der Waals surface area contributed by atoms with Gasteiger partial charge in [0, 0.05) is 23.6 Å². The average molecular weight is 306 g/mol. The monoisotopic (exact) mass is 305 g/mol. The van der Waals surface area contributed by atoms with E-state index in [1.807, 2.05) is 12.1 Å². The standard InChI is InChI=1S/C13H12ClN5O2/c1-8-16-11(20-18-8)5-6-15-13-17-12(19-21-13)9-3-2-4-10(14)7-9/h2-4,7H,5-6H2,1H3,(H,15,17,19). The normalized spacial score (nSPS) is 10.8. The van der Waals surface area contributed by atoms with E-state index in [1.54, 1.807) is 19.1 Å². The lowest BCUT2D eigenvalue weighted by atomic mass is 10.2. The summed E-state index contributed by atoms with van der Waals surface area (Å²) in [4.78, 5) is 8.35. The third kappa shape index (κ3) is 3.38. The third-order valence-corrected chi connectivity index (χ3v) is 2.93. The Kier molecular flexibility index (Phi) is 3.83. The molecule has 21 heavy (non-hydrogen) atoms. The van der Waals surface area contributed by atoms with E-state index in [2.05, 4.69) is 25.6 Å². The Morgan fingerprint density at radius 2 is 2.10 bits per heavy atom. The van der Waals surface area contributed by atoms with Crippen LogP contribution in [0, 0.1) is 6.92 Å². The smallest absolute Gasteiger partial charge is 0.321 e. The fraction of sp³-hybridized carbons (Fsp3) is 0.231. The topological polar surface area (TPSA) is 89.9 Å². The second kappa shape index (κ2) is 5.92. The number of nitrogens with zero attached hydrogens (tertiary/aromatic N) is 4. The van der Waals surface area contributed by atoms with Gasteiger partial charge in [-0.15, -0.1) is 0 Å². The first-order valence-corrected chi connectivity index (χ1v) is 6.71. The number of benzene rings is 1. The van der Waals surface area contributed by atoms with Crippen LogP contribution in [0.25, 0.3) is 11.4 Å². The van der Waals surface area contributed by atoms with Gasteiger partial charge in [0.15, 0.2) is 5.82 Å². The van der Waals surface area contributed by atoms with Crippen LogP contribution in [-0.2, 0) is 6.42 Å². The highest BCUT2D eigenvalue weighted by Gasteiger charge is 2.09. The Labute approximate surface area is 125 Å². The van der Waals surface area contributed by atoms with Gasteiger partial charge in [-0.1, -0.05) is 34.0 Å². The predicted molar refractivity (Wildman–Crippen MR) is 76.0 cm³/mol. The zero-order valence-corrected chi connectivity index (χ0v) is 12.0. The highest BCUT2D eigenvalue weighted by atomic mass is 35.5. The summed E-state index contributed by atoms with van der Waals surface area (Å²) in [7, 11) is 0. The van der Waals surface area contributed by atoms with E-state index in [4.69, 9.17) is 20.6 Å². The maximum absolute atomic E-state index is 5.93. The van der Waals surface area contributed by atoms with Crippen molar-refractivity contribution in [2.24, 2.45) is 0 Å². The highest BCUT2D eigenvalue weighted by Crippen LogP contribution is 2.21. The Bertz CT molecular complexity index is 740. The van der Waals surface area contributed by atoms with Crippen LogP contribution in [0.15, 0.2) is 33.3 Å². The molecule has 2 heterocycles. The molecule has 1 N–H and O–H groups in total. The number of anilines is 1. The van der Waals surface area contributed by atoms with Crippen LogP contribution in [0.4, 0.5) is 6.01 Å². The van der Waals surface area contributed by atoms with Gasteiger partial charge in [-0.05, 0) is 19.1 Å². The number of hydrogen-bond donors (Lipinski definition) is 1. The molecular weight excluding hydrogens is 294 g/mol. The molecule has 0 amide bonds. The van der Waals surface area contributed by atoms with E-state index in [1.165, 1.54) is 0 Å². The molecule has 0 atom stereocenters. The first-order valence-electron chi connectivity index (χ1n) is 6.33. The Hall–Kier alpha value is -2.41. The van der Waals surface area contributed by atoms with Crippen LogP contribution in [-0.4, -0.2) is 26.8 Å². The largest absolute Gasteiger partial charge is 0.339 e. The summed E-state index contributed by atoms with van der Waals surface area (Å²) < 4.78 is 10.1. The highest BCUT2D eigenvalue weighted by molar-refractivity contribution is 6.30. The van der Waals surface area contributed by atoms with Crippen LogP contribution in [0.1, 0.15) is 11.7 Å². The molecule has 0 saturated carbocycles. The van der Waals surface area contributed by atoms with E-state index in [0.717, 1.165) is 5.56 Å². The van der Waals surface area contributed by atoms with Gasteiger partial charge in [-0.2, -0.15) is 9.97 Å². The zero-order chi connectivity index (χ0) is 14.7. The second-order valence-corrected chi connectivity index (χ2v) is 4.78. The second-order valence-electron chi connectivity index (χ2n) is 4.35. The van der Waals surface area contributed by atoms with E-state index >= 15 is 0 Å². The van der Waals surface area contributed by atoms with Gasteiger partial charge in [-0.3, -0.25) is 0 Å². The first kappa shape index (κ1) is 13.6. The van der Waals surface area contributed by atoms with E-state index < -0.39 is 0 Å². The molecule has 0 saturated heterocycles. The Morgan fingerprint density at radius 1 is 1.19 bits per heavy atom. The number of aryl methyl sites for hydroxylation is 1. The molecule has 0 aliphatic carbocycles. The van der Waals surface area contributed by atoms with E-state index in [9.17, 15) is 0 Å². The van der Waals surface area contributed by atoms with Gasteiger partial charge >= 0.3 is 6.01 Å². The van der Waals surface area contributed by atoms with Gasteiger partial charge in [0.25, 0.3) is 0 Å². The molecule has 1 aromatic carbocycles. The molecule has 0 radical (unpaired) electrons. The summed E-state index contributed by atoms with van der Waals surface area (Å²) in [5.74, 6) is 1.66. The maximum Gasteiger partial charge on any atom is 0.321 e. The van der Waals surface area contributed by atoms with Crippen molar-refractivity contribution in [3.8, 4) is 11.4 Å². The number of rotatable bonds is 5. The van der Waals surface area contributed by atoms with Crippen molar-refractivity contribution in [1.29, 1.82) is 0 Å². The fourth-order valence-electron chi connectivity index (χ4n) is 1.76. The first-order chi connectivity index (χ1) is 10.2. The zero-order valence-electron chi connectivity index (χ0n) is 11.2. The van der Waals surface area contributed by atoms with Gasteiger partial charge in [0.2, 0.25) is 11.7 Å². The van der Waals surface area contributed by atoms with Crippen LogP contribution >= 0.6 is 11.6 Å². The minimum Gasteiger partial charge on any atom is -0.339 e.